The molecule has 0 aliphatic carbocycles. The molecular weight excluding hydrogens is 252 g/mol. The minimum absolute atomic E-state index is 0.0532. The van der Waals surface area contributed by atoms with Gasteiger partial charge in [-0.3, -0.25) is 4.79 Å². The van der Waals surface area contributed by atoms with Gasteiger partial charge in [0.2, 0.25) is 0 Å². The molecule has 1 heterocycles. The highest BCUT2D eigenvalue weighted by Gasteiger charge is 2.16. The van der Waals surface area contributed by atoms with Crippen LogP contribution in [0.3, 0.4) is 0 Å². The van der Waals surface area contributed by atoms with Gasteiger partial charge in [0.15, 0.2) is 0 Å². The van der Waals surface area contributed by atoms with Gasteiger partial charge in [-0.05, 0) is 44.5 Å². The van der Waals surface area contributed by atoms with Crippen LogP contribution in [-0.2, 0) is 0 Å². The zero-order valence-electron chi connectivity index (χ0n) is 12.1. The first-order valence-electron chi connectivity index (χ1n) is 6.69. The molecule has 1 aromatic carbocycles. The van der Waals surface area contributed by atoms with Crippen LogP contribution in [0, 0.1) is 20.8 Å². The Labute approximate surface area is 119 Å². The normalized spacial score (nSPS) is 10.6. The van der Waals surface area contributed by atoms with Crippen molar-refractivity contribution in [3.8, 4) is 5.69 Å². The lowest BCUT2D eigenvalue weighted by molar-refractivity contribution is 0.0944. The van der Waals surface area contributed by atoms with Gasteiger partial charge >= 0.3 is 0 Å². The van der Waals surface area contributed by atoms with Gasteiger partial charge in [0.05, 0.1) is 12.2 Å². The Hall–Kier alpha value is -2.07. The Morgan fingerprint density at radius 2 is 2.00 bits per heavy atom. The highest BCUT2D eigenvalue weighted by molar-refractivity contribution is 5.95. The van der Waals surface area contributed by atoms with E-state index in [9.17, 15) is 4.79 Å². The Kier molecular flexibility index (Phi) is 4.25. The largest absolute Gasteiger partial charge is 0.395 e. The molecule has 0 unspecified atom stereocenters. The summed E-state index contributed by atoms with van der Waals surface area (Å²) in [5.41, 5.74) is 4.81. The predicted molar refractivity (Wildman–Crippen MR) is 79.4 cm³/mol. The molecule has 1 aromatic heterocycles. The van der Waals surface area contributed by atoms with Crippen LogP contribution in [0.2, 0.25) is 0 Å². The van der Waals surface area contributed by atoms with Crippen LogP contribution in [0.1, 0.15) is 27.3 Å². The molecule has 0 radical (unpaired) electrons. The smallest absolute Gasteiger partial charge is 0.253 e. The van der Waals surface area contributed by atoms with Crippen molar-refractivity contribution < 1.29 is 9.90 Å². The molecule has 0 atom stereocenters. The molecule has 0 fully saturated rings. The maximum absolute atomic E-state index is 12.1. The third kappa shape index (κ3) is 2.75. The summed E-state index contributed by atoms with van der Waals surface area (Å²) < 4.78 is 2.07. The Morgan fingerprint density at radius 3 is 2.65 bits per heavy atom. The third-order valence-corrected chi connectivity index (χ3v) is 3.33. The lowest BCUT2D eigenvalue weighted by Crippen LogP contribution is -2.26. The first kappa shape index (κ1) is 14.3. The van der Waals surface area contributed by atoms with Gasteiger partial charge in [0.1, 0.15) is 0 Å². The van der Waals surface area contributed by atoms with E-state index in [1.54, 1.807) is 0 Å². The fourth-order valence-electron chi connectivity index (χ4n) is 2.42. The van der Waals surface area contributed by atoms with Crippen LogP contribution in [0.5, 0.6) is 0 Å². The number of nitrogens with zero attached hydrogens (tertiary/aromatic N) is 1. The van der Waals surface area contributed by atoms with Crippen LogP contribution < -0.4 is 5.32 Å². The van der Waals surface area contributed by atoms with Crippen LogP contribution >= 0.6 is 0 Å². The molecule has 0 saturated heterocycles. The van der Waals surface area contributed by atoms with Crippen LogP contribution in [0.15, 0.2) is 30.3 Å². The van der Waals surface area contributed by atoms with Crippen LogP contribution in [0.4, 0.5) is 0 Å². The number of aromatic nitrogens is 1. The highest BCUT2D eigenvalue weighted by Crippen LogP contribution is 2.21. The number of carbonyl (C=O) groups excluding carboxylic acids is 1. The Balaban J connectivity index is 2.41. The number of amides is 1. The van der Waals surface area contributed by atoms with Crippen LogP contribution in [-0.4, -0.2) is 28.7 Å². The second kappa shape index (κ2) is 5.92. The summed E-state index contributed by atoms with van der Waals surface area (Å²) in [6, 6.07) is 10.1. The zero-order valence-corrected chi connectivity index (χ0v) is 12.1. The molecule has 0 saturated carbocycles. The minimum atomic E-state index is -0.147. The summed E-state index contributed by atoms with van der Waals surface area (Å²) in [5.74, 6) is -0.147. The summed E-state index contributed by atoms with van der Waals surface area (Å²) in [6.07, 6.45) is 0. The van der Waals surface area contributed by atoms with E-state index in [2.05, 4.69) is 16.0 Å². The fraction of sp³-hybridized carbons (Fsp3) is 0.312. The number of nitrogens with one attached hydrogen (secondary N) is 1. The van der Waals surface area contributed by atoms with Gasteiger partial charge < -0.3 is 15.0 Å². The number of aliphatic hydroxyl groups excluding tert-OH is 1. The minimum Gasteiger partial charge on any atom is -0.395 e. The number of benzene rings is 1. The Bertz CT molecular complexity index is 629. The van der Waals surface area contributed by atoms with Crippen molar-refractivity contribution >= 4 is 5.91 Å². The topological polar surface area (TPSA) is 54.3 Å². The van der Waals surface area contributed by atoms with Gasteiger partial charge in [-0.2, -0.15) is 0 Å². The SMILES string of the molecule is Cc1cccc(-n2c(C)cc(C(=O)NCCO)c2C)c1. The molecule has 1 amide bonds. The average Bonchev–Trinajstić information content (AvgIpc) is 2.71. The number of rotatable bonds is 4. The van der Waals surface area contributed by atoms with Crippen molar-refractivity contribution in [1.29, 1.82) is 0 Å². The molecule has 0 aliphatic heterocycles. The number of hydrogen-bond acceptors (Lipinski definition) is 2. The molecule has 106 valence electrons. The highest BCUT2D eigenvalue weighted by atomic mass is 16.3. The summed E-state index contributed by atoms with van der Waals surface area (Å²) in [7, 11) is 0. The van der Waals surface area contributed by atoms with Crippen molar-refractivity contribution in [2.24, 2.45) is 0 Å². The van der Waals surface area contributed by atoms with Crippen molar-refractivity contribution in [2.75, 3.05) is 13.2 Å². The van der Waals surface area contributed by atoms with E-state index in [1.807, 2.05) is 45.0 Å². The molecule has 20 heavy (non-hydrogen) atoms. The summed E-state index contributed by atoms with van der Waals surface area (Å²) in [4.78, 5) is 12.1. The van der Waals surface area contributed by atoms with E-state index in [0.29, 0.717) is 5.56 Å². The third-order valence-electron chi connectivity index (χ3n) is 3.33. The van der Waals surface area contributed by atoms with E-state index in [-0.39, 0.29) is 19.1 Å². The second-order valence-electron chi connectivity index (χ2n) is 4.94. The number of aryl methyl sites for hydroxylation is 2. The molecule has 0 bridgehead atoms. The number of hydrogen-bond donors (Lipinski definition) is 2. The monoisotopic (exact) mass is 272 g/mol. The van der Waals surface area contributed by atoms with Crippen LogP contribution in [0.25, 0.3) is 5.69 Å². The molecule has 2 aromatic rings. The zero-order chi connectivity index (χ0) is 14.7. The maximum Gasteiger partial charge on any atom is 0.253 e. The Morgan fingerprint density at radius 1 is 1.25 bits per heavy atom. The lowest BCUT2D eigenvalue weighted by Gasteiger charge is -2.10. The van der Waals surface area contributed by atoms with Gasteiger partial charge in [-0.1, -0.05) is 12.1 Å². The van der Waals surface area contributed by atoms with Crippen molar-refractivity contribution in [1.82, 2.24) is 9.88 Å². The summed E-state index contributed by atoms with van der Waals surface area (Å²) >= 11 is 0. The number of aliphatic hydroxyl groups is 1. The molecule has 2 N–H and O–H groups in total. The molecule has 4 nitrogen and oxygen atoms in total. The van der Waals surface area contributed by atoms with E-state index >= 15 is 0 Å². The molecular formula is C16H20N2O2. The van der Waals surface area contributed by atoms with Gasteiger partial charge in [-0.15, -0.1) is 0 Å². The summed E-state index contributed by atoms with van der Waals surface area (Å²) in [6.45, 7) is 6.18. The van der Waals surface area contributed by atoms with E-state index in [4.69, 9.17) is 5.11 Å². The van der Waals surface area contributed by atoms with Crippen molar-refractivity contribution in [3.05, 3.63) is 52.8 Å². The standard InChI is InChI=1S/C16H20N2O2/c1-11-5-4-6-14(9-11)18-12(2)10-15(13(18)3)16(20)17-7-8-19/h4-6,9-10,19H,7-8H2,1-3H3,(H,17,20). The average molecular weight is 272 g/mol. The first-order valence-corrected chi connectivity index (χ1v) is 6.69. The van der Waals surface area contributed by atoms with Gasteiger partial charge in [0.25, 0.3) is 5.91 Å². The van der Waals surface area contributed by atoms with E-state index in [0.717, 1.165) is 17.1 Å². The van der Waals surface area contributed by atoms with Gasteiger partial charge in [0, 0.05) is 23.6 Å². The quantitative estimate of drug-likeness (QED) is 0.896. The molecule has 2 rings (SSSR count). The molecule has 0 aliphatic rings. The van der Waals surface area contributed by atoms with E-state index in [1.165, 1.54) is 5.56 Å². The van der Waals surface area contributed by atoms with Crippen molar-refractivity contribution in [2.45, 2.75) is 20.8 Å². The maximum atomic E-state index is 12.1. The van der Waals surface area contributed by atoms with E-state index < -0.39 is 0 Å². The second-order valence-corrected chi connectivity index (χ2v) is 4.94. The number of carbonyl (C=O) groups is 1. The van der Waals surface area contributed by atoms with Crippen molar-refractivity contribution in [3.63, 3.8) is 0 Å². The molecule has 4 heteroatoms. The first-order chi connectivity index (χ1) is 9.54. The lowest BCUT2D eigenvalue weighted by atomic mass is 10.2. The molecule has 0 spiro atoms. The predicted octanol–water partition coefficient (Wildman–Crippen LogP) is 2.12. The summed E-state index contributed by atoms with van der Waals surface area (Å²) in [5, 5.41) is 11.5. The van der Waals surface area contributed by atoms with Gasteiger partial charge in [-0.25, -0.2) is 0 Å². The fourth-order valence-corrected chi connectivity index (χ4v) is 2.42.